The van der Waals surface area contributed by atoms with Gasteiger partial charge in [-0.15, -0.1) is 11.6 Å². The highest BCUT2D eigenvalue weighted by molar-refractivity contribution is 6.32. The number of hydrogen-bond acceptors (Lipinski definition) is 2. The molecule has 1 aromatic heterocycles. The number of carbonyl (C=O) groups is 1. The second-order valence-electron chi connectivity index (χ2n) is 3.63. The third-order valence-electron chi connectivity index (χ3n) is 2.35. The van der Waals surface area contributed by atoms with Crippen LogP contribution in [0.2, 0.25) is 5.15 Å². The summed E-state index contributed by atoms with van der Waals surface area (Å²) in [4.78, 5) is 15.9. The van der Waals surface area contributed by atoms with Gasteiger partial charge in [0.15, 0.2) is 5.15 Å². The smallest absolute Gasteiger partial charge is 0.255 e. The second kappa shape index (κ2) is 5.85. The Morgan fingerprint density at radius 1 is 1.28 bits per heavy atom. The van der Waals surface area contributed by atoms with Crippen LogP contribution in [0.25, 0.3) is 0 Å². The van der Waals surface area contributed by atoms with Crippen LogP contribution >= 0.6 is 23.2 Å². The first kappa shape index (κ1) is 12.9. The van der Waals surface area contributed by atoms with Crippen LogP contribution in [0.4, 0.5) is 5.69 Å². The van der Waals surface area contributed by atoms with E-state index in [2.05, 4.69) is 10.3 Å². The number of hydrogen-bond donors (Lipinski definition) is 1. The van der Waals surface area contributed by atoms with Gasteiger partial charge in [-0.1, -0.05) is 23.7 Å². The van der Waals surface area contributed by atoms with Crippen LogP contribution in [0, 0.1) is 0 Å². The molecule has 1 aromatic carbocycles. The molecule has 1 heterocycles. The van der Waals surface area contributed by atoms with Crippen molar-refractivity contribution in [3.05, 3.63) is 58.9 Å². The van der Waals surface area contributed by atoms with Crippen LogP contribution in [0.3, 0.4) is 0 Å². The van der Waals surface area contributed by atoms with Crippen LogP contribution in [0.1, 0.15) is 15.9 Å². The average molecular weight is 281 g/mol. The molecule has 0 saturated carbocycles. The third-order valence-corrected chi connectivity index (χ3v) is 2.96. The van der Waals surface area contributed by atoms with Crippen molar-refractivity contribution in [3.8, 4) is 0 Å². The zero-order valence-electron chi connectivity index (χ0n) is 9.36. The van der Waals surface area contributed by atoms with Crippen LogP contribution in [0.5, 0.6) is 0 Å². The summed E-state index contributed by atoms with van der Waals surface area (Å²) in [7, 11) is 0. The normalized spacial score (nSPS) is 10.1. The van der Waals surface area contributed by atoms with E-state index in [4.69, 9.17) is 23.2 Å². The van der Waals surface area contributed by atoms with Gasteiger partial charge in [-0.25, -0.2) is 4.98 Å². The highest BCUT2D eigenvalue weighted by Crippen LogP contribution is 2.18. The lowest BCUT2D eigenvalue weighted by atomic mass is 10.1. The number of alkyl halides is 1. The van der Waals surface area contributed by atoms with E-state index in [9.17, 15) is 4.79 Å². The summed E-state index contributed by atoms with van der Waals surface area (Å²) in [6, 6.07) is 10.5. The Morgan fingerprint density at radius 3 is 2.83 bits per heavy atom. The SMILES string of the molecule is O=C(Nc1cccnc1Cl)c1cccc(CCl)c1. The van der Waals surface area contributed by atoms with Gasteiger partial charge < -0.3 is 5.32 Å². The van der Waals surface area contributed by atoms with Gasteiger partial charge in [0.25, 0.3) is 5.91 Å². The Balaban J connectivity index is 2.19. The van der Waals surface area contributed by atoms with Crippen molar-refractivity contribution in [2.45, 2.75) is 5.88 Å². The van der Waals surface area contributed by atoms with E-state index < -0.39 is 0 Å². The van der Waals surface area contributed by atoms with Gasteiger partial charge in [-0.3, -0.25) is 4.79 Å². The van der Waals surface area contributed by atoms with E-state index in [1.165, 1.54) is 0 Å². The first-order chi connectivity index (χ1) is 8.70. The monoisotopic (exact) mass is 280 g/mol. The van der Waals surface area contributed by atoms with E-state index in [0.717, 1.165) is 5.56 Å². The first-order valence-corrected chi connectivity index (χ1v) is 6.18. The van der Waals surface area contributed by atoms with Gasteiger partial charge in [-0.2, -0.15) is 0 Å². The number of carbonyl (C=O) groups excluding carboxylic acids is 1. The second-order valence-corrected chi connectivity index (χ2v) is 4.26. The summed E-state index contributed by atoms with van der Waals surface area (Å²) < 4.78 is 0. The van der Waals surface area contributed by atoms with Gasteiger partial charge in [0.1, 0.15) is 0 Å². The largest absolute Gasteiger partial charge is 0.319 e. The van der Waals surface area contributed by atoms with Crippen molar-refractivity contribution in [2.75, 3.05) is 5.32 Å². The standard InChI is InChI=1S/C13H10Cl2N2O/c14-8-9-3-1-4-10(7-9)13(18)17-11-5-2-6-16-12(11)15/h1-7H,8H2,(H,17,18). The zero-order valence-corrected chi connectivity index (χ0v) is 10.9. The van der Waals surface area contributed by atoms with E-state index in [0.29, 0.717) is 17.1 Å². The van der Waals surface area contributed by atoms with Crippen LogP contribution in [-0.2, 0) is 5.88 Å². The van der Waals surface area contributed by atoms with Crippen molar-refractivity contribution >= 4 is 34.8 Å². The highest BCUT2D eigenvalue weighted by atomic mass is 35.5. The molecule has 0 saturated heterocycles. The van der Waals surface area contributed by atoms with E-state index >= 15 is 0 Å². The minimum absolute atomic E-state index is 0.239. The van der Waals surface area contributed by atoms with Gasteiger partial charge in [0.05, 0.1) is 5.69 Å². The molecule has 1 N–H and O–H groups in total. The van der Waals surface area contributed by atoms with Gasteiger partial charge in [-0.05, 0) is 29.8 Å². The number of pyridine rings is 1. The maximum absolute atomic E-state index is 12.0. The van der Waals surface area contributed by atoms with Crippen molar-refractivity contribution < 1.29 is 4.79 Å². The minimum Gasteiger partial charge on any atom is -0.319 e. The Labute approximate surface area is 115 Å². The fourth-order valence-electron chi connectivity index (χ4n) is 1.47. The number of rotatable bonds is 3. The lowest BCUT2D eigenvalue weighted by Crippen LogP contribution is -2.12. The molecule has 1 amide bonds. The molecule has 0 aliphatic carbocycles. The van der Waals surface area contributed by atoms with E-state index in [1.807, 2.05) is 6.07 Å². The molecular weight excluding hydrogens is 271 g/mol. The summed E-state index contributed by atoms with van der Waals surface area (Å²) in [6.45, 7) is 0. The van der Waals surface area contributed by atoms with Crippen LogP contribution < -0.4 is 5.32 Å². The summed E-state index contributed by atoms with van der Waals surface area (Å²) >= 11 is 11.6. The van der Waals surface area contributed by atoms with Crippen LogP contribution in [-0.4, -0.2) is 10.9 Å². The third kappa shape index (κ3) is 3.00. The fraction of sp³-hybridized carbons (Fsp3) is 0.0769. The highest BCUT2D eigenvalue weighted by Gasteiger charge is 2.08. The molecule has 3 nitrogen and oxygen atoms in total. The van der Waals surface area contributed by atoms with E-state index in [1.54, 1.807) is 36.5 Å². The fourth-order valence-corrected chi connectivity index (χ4v) is 1.80. The number of aromatic nitrogens is 1. The molecule has 2 rings (SSSR count). The number of halogens is 2. The van der Waals surface area contributed by atoms with Gasteiger partial charge in [0.2, 0.25) is 0 Å². The van der Waals surface area contributed by atoms with Gasteiger partial charge in [0, 0.05) is 17.6 Å². The lowest BCUT2D eigenvalue weighted by Gasteiger charge is -2.07. The summed E-state index contributed by atoms with van der Waals surface area (Å²) in [5, 5.41) is 2.96. The number of nitrogens with zero attached hydrogens (tertiary/aromatic N) is 1. The predicted octanol–water partition coefficient (Wildman–Crippen LogP) is 3.73. The molecule has 0 fully saturated rings. The average Bonchev–Trinajstić information content (AvgIpc) is 2.41. The topological polar surface area (TPSA) is 42.0 Å². The van der Waals surface area contributed by atoms with Gasteiger partial charge >= 0.3 is 0 Å². The number of amides is 1. The molecule has 0 bridgehead atoms. The maximum atomic E-state index is 12.0. The Morgan fingerprint density at radius 2 is 2.11 bits per heavy atom. The molecule has 0 aliphatic heterocycles. The molecule has 18 heavy (non-hydrogen) atoms. The van der Waals surface area contributed by atoms with Crippen LogP contribution in [0.15, 0.2) is 42.6 Å². The number of anilines is 1. The Hall–Kier alpha value is -1.58. The van der Waals surface area contributed by atoms with Crippen molar-refractivity contribution in [2.24, 2.45) is 0 Å². The molecule has 0 aliphatic rings. The van der Waals surface area contributed by atoms with Crippen molar-refractivity contribution in [1.82, 2.24) is 4.98 Å². The Kier molecular flexibility index (Phi) is 4.18. The minimum atomic E-state index is -0.239. The summed E-state index contributed by atoms with van der Waals surface area (Å²) in [5.74, 6) is 0.131. The number of nitrogens with one attached hydrogen (secondary N) is 1. The molecule has 0 unspecified atom stereocenters. The summed E-state index contributed by atoms with van der Waals surface area (Å²) in [6.07, 6.45) is 1.56. The molecular formula is C13H10Cl2N2O. The lowest BCUT2D eigenvalue weighted by molar-refractivity contribution is 0.102. The molecule has 5 heteroatoms. The molecule has 92 valence electrons. The van der Waals surface area contributed by atoms with Crippen molar-refractivity contribution in [3.63, 3.8) is 0 Å². The predicted molar refractivity (Wildman–Crippen MR) is 73.2 cm³/mol. The Bertz CT molecular complexity index is 572. The maximum Gasteiger partial charge on any atom is 0.255 e. The molecule has 2 aromatic rings. The molecule has 0 radical (unpaired) electrons. The van der Waals surface area contributed by atoms with Crippen molar-refractivity contribution in [1.29, 1.82) is 0 Å². The quantitative estimate of drug-likeness (QED) is 0.688. The first-order valence-electron chi connectivity index (χ1n) is 5.27. The zero-order chi connectivity index (χ0) is 13.0. The molecule has 0 atom stereocenters. The number of benzene rings is 1. The molecule has 0 spiro atoms. The summed E-state index contributed by atoms with van der Waals surface area (Å²) in [5.41, 5.74) is 1.91. The van der Waals surface area contributed by atoms with E-state index in [-0.39, 0.29) is 11.1 Å².